The average molecular weight is 590 g/mol. The minimum atomic E-state index is -3.73. The predicted octanol–water partition coefficient (Wildman–Crippen LogP) is 3.17. The standard InChI is InChI=1S/C28H31N9O4S/c1-40-14-15-41-28(27-33-35-36-34-27)12-10-19(11-13-28)23-24(42(2,38)39)25(29)37-26(32-23)21(17-31-37)20-8-9-22(30-16-20)18-6-4-3-5-7-18/h3-9,16-17,19H,10-15,29H2,1-2H3,(H,33,34,35,36)/t19-,28-. The fraction of sp³-hybridized carbons (Fsp3) is 0.357. The number of benzene rings is 1. The molecule has 3 N–H and O–H groups in total. The van der Waals surface area contributed by atoms with Crippen LogP contribution in [0, 0.1) is 0 Å². The zero-order chi connectivity index (χ0) is 29.3. The molecule has 0 bridgehead atoms. The Hall–Kier alpha value is -4.27. The van der Waals surface area contributed by atoms with E-state index < -0.39 is 15.4 Å². The molecule has 0 spiro atoms. The predicted molar refractivity (Wildman–Crippen MR) is 154 cm³/mol. The zero-order valence-corrected chi connectivity index (χ0v) is 24.1. The minimum Gasteiger partial charge on any atom is -0.382 e. The molecule has 218 valence electrons. The van der Waals surface area contributed by atoms with E-state index in [9.17, 15) is 8.42 Å². The zero-order valence-electron chi connectivity index (χ0n) is 23.3. The first kappa shape index (κ1) is 27.9. The number of nitrogen functional groups attached to an aromatic ring is 1. The van der Waals surface area contributed by atoms with Crippen molar-refractivity contribution in [2.75, 3.05) is 32.3 Å². The third-order valence-electron chi connectivity index (χ3n) is 7.80. The molecule has 0 radical (unpaired) electrons. The van der Waals surface area contributed by atoms with Gasteiger partial charge in [0.25, 0.3) is 0 Å². The van der Waals surface area contributed by atoms with E-state index in [1.54, 1.807) is 19.5 Å². The summed E-state index contributed by atoms with van der Waals surface area (Å²) in [5.41, 5.74) is 10.0. The first-order valence-corrected chi connectivity index (χ1v) is 15.5. The molecule has 42 heavy (non-hydrogen) atoms. The van der Waals surface area contributed by atoms with Gasteiger partial charge in [-0.3, -0.25) is 4.98 Å². The van der Waals surface area contributed by atoms with Crippen molar-refractivity contribution >= 4 is 21.3 Å². The number of aromatic nitrogens is 8. The molecular weight excluding hydrogens is 558 g/mol. The van der Waals surface area contributed by atoms with Gasteiger partial charge in [-0.25, -0.2) is 18.5 Å². The van der Waals surface area contributed by atoms with Gasteiger partial charge >= 0.3 is 0 Å². The van der Waals surface area contributed by atoms with Crippen molar-refractivity contribution in [1.29, 1.82) is 0 Å². The number of pyridine rings is 1. The molecule has 1 aliphatic rings. The monoisotopic (exact) mass is 589 g/mol. The van der Waals surface area contributed by atoms with Gasteiger partial charge in [0.2, 0.25) is 0 Å². The highest BCUT2D eigenvalue weighted by atomic mass is 32.2. The smallest absolute Gasteiger partial charge is 0.180 e. The van der Waals surface area contributed by atoms with Crippen molar-refractivity contribution in [3.8, 4) is 22.4 Å². The van der Waals surface area contributed by atoms with E-state index in [1.807, 2.05) is 42.5 Å². The Kier molecular flexibility index (Phi) is 7.43. The van der Waals surface area contributed by atoms with Crippen LogP contribution in [0.4, 0.5) is 5.82 Å². The van der Waals surface area contributed by atoms with Gasteiger partial charge in [-0.15, -0.1) is 5.10 Å². The van der Waals surface area contributed by atoms with Crippen LogP contribution >= 0.6 is 0 Å². The first-order chi connectivity index (χ1) is 20.3. The van der Waals surface area contributed by atoms with Crippen molar-refractivity contribution in [2.24, 2.45) is 0 Å². The quantitative estimate of drug-likeness (QED) is 0.241. The Bertz CT molecular complexity index is 1780. The molecule has 1 fully saturated rings. The fourth-order valence-electron chi connectivity index (χ4n) is 5.69. The van der Waals surface area contributed by atoms with E-state index in [2.05, 4.69) is 30.7 Å². The highest BCUT2D eigenvalue weighted by Gasteiger charge is 2.43. The van der Waals surface area contributed by atoms with E-state index in [4.69, 9.17) is 20.2 Å². The van der Waals surface area contributed by atoms with Crippen LogP contribution in [0.1, 0.15) is 43.1 Å². The lowest BCUT2D eigenvalue weighted by molar-refractivity contribution is -0.0979. The number of H-pyrrole nitrogens is 1. The van der Waals surface area contributed by atoms with Gasteiger partial charge in [0.15, 0.2) is 21.3 Å². The number of nitrogens with one attached hydrogen (secondary N) is 1. The van der Waals surface area contributed by atoms with Crippen molar-refractivity contribution in [2.45, 2.75) is 42.1 Å². The summed E-state index contributed by atoms with van der Waals surface area (Å²) < 4.78 is 38.9. The molecule has 4 heterocycles. The summed E-state index contributed by atoms with van der Waals surface area (Å²) in [4.78, 5) is 9.58. The topological polar surface area (TPSA) is 176 Å². The van der Waals surface area contributed by atoms with Gasteiger partial charge in [0.1, 0.15) is 16.3 Å². The van der Waals surface area contributed by atoms with Crippen molar-refractivity contribution in [3.63, 3.8) is 0 Å². The number of hydrogen-bond donors (Lipinski definition) is 2. The highest BCUT2D eigenvalue weighted by molar-refractivity contribution is 7.91. The molecule has 0 saturated heterocycles. The number of ether oxygens (including phenoxy) is 2. The Morgan fingerprint density at radius 1 is 1.07 bits per heavy atom. The normalized spacial score (nSPS) is 19.3. The van der Waals surface area contributed by atoms with Crippen molar-refractivity contribution < 1.29 is 17.9 Å². The summed E-state index contributed by atoms with van der Waals surface area (Å²) in [6, 6.07) is 13.8. The molecule has 0 aliphatic heterocycles. The van der Waals surface area contributed by atoms with E-state index in [-0.39, 0.29) is 16.6 Å². The molecule has 1 aliphatic carbocycles. The van der Waals surface area contributed by atoms with Gasteiger partial charge in [-0.2, -0.15) is 9.61 Å². The maximum Gasteiger partial charge on any atom is 0.180 e. The molecule has 0 unspecified atom stereocenters. The molecule has 1 aromatic carbocycles. The molecule has 0 amide bonds. The second-order valence-corrected chi connectivity index (χ2v) is 12.4. The summed E-state index contributed by atoms with van der Waals surface area (Å²) in [7, 11) is -2.12. The first-order valence-electron chi connectivity index (χ1n) is 13.6. The van der Waals surface area contributed by atoms with E-state index in [1.165, 1.54) is 4.52 Å². The number of nitrogens with two attached hydrogens (primary N) is 1. The largest absolute Gasteiger partial charge is 0.382 e. The van der Waals surface area contributed by atoms with E-state index >= 15 is 0 Å². The van der Waals surface area contributed by atoms with Crippen LogP contribution in [0.15, 0.2) is 59.8 Å². The third-order valence-corrected chi connectivity index (χ3v) is 8.96. The highest BCUT2D eigenvalue weighted by Crippen LogP contribution is 2.46. The third kappa shape index (κ3) is 5.12. The molecular formula is C28H31N9O4S. The number of sulfone groups is 1. The number of anilines is 1. The maximum atomic E-state index is 13.1. The van der Waals surface area contributed by atoms with Crippen LogP contribution in [0.3, 0.4) is 0 Å². The summed E-state index contributed by atoms with van der Waals surface area (Å²) in [5.74, 6) is 0.372. The van der Waals surface area contributed by atoms with Crippen molar-refractivity contribution in [1.82, 2.24) is 40.2 Å². The molecule has 4 aromatic heterocycles. The Morgan fingerprint density at radius 3 is 2.50 bits per heavy atom. The molecule has 0 atom stereocenters. The Balaban J connectivity index is 1.37. The van der Waals surface area contributed by atoms with Gasteiger partial charge in [0, 0.05) is 42.2 Å². The number of nitrogens with zero attached hydrogens (tertiary/aromatic N) is 7. The van der Waals surface area contributed by atoms with E-state index in [0.717, 1.165) is 23.1 Å². The van der Waals surface area contributed by atoms with Gasteiger partial charge in [0.05, 0.1) is 30.8 Å². The molecule has 13 nitrogen and oxygen atoms in total. The number of methoxy groups -OCH3 is 1. The summed E-state index contributed by atoms with van der Waals surface area (Å²) in [5, 5.41) is 18.9. The number of rotatable bonds is 9. The van der Waals surface area contributed by atoms with Gasteiger partial charge in [-0.1, -0.05) is 36.4 Å². The SMILES string of the molecule is COCCO[C@]1(c2nnn[nH]2)CC[C@@H](c2nc3c(-c4ccc(-c5ccccc5)nc4)cnn3c(N)c2S(C)(=O)=O)CC1. The van der Waals surface area contributed by atoms with Crippen LogP contribution in [0.25, 0.3) is 28.0 Å². The van der Waals surface area contributed by atoms with Gasteiger partial charge < -0.3 is 15.2 Å². The summed E-state index contributed by atoms with van der Waals surface area (Å²) in [6.45, 7) is 0.787. The summed E-state index contributed by atoms with van der Waals surface area (Å²) >= 11 is 0. The van der Waals surface area contributed by atoms with Crippen molar-refractivity contribution in [3.05, 3.63) is 66.4 Å². The number of aromatic amines is 1. The average Bonchev–Trinajstić information content (AvgIpc) is 3.69. The molecule has 1 saturated carbocycles. The molecule has 6 rings (SSSR count). The van der Waals surface area contributed by atoms with Crippen LogP contribution in [0.2, 0.25) is 0 Å². The lowest BCUT2D eigenvalue weighted by Crippen LogP contribution is -2.37. The number of fused-ring (bicyclic) bond motifs is 1. The summed E-state index contributed by atoms with van der Waals surface area (Å²) in [6.07, 6.45) is 6.80. The Morgan fingerprint density at radius 2 is 1.86 bits per heavy atom. The van der Waals surface area contributed by atoms with Crippen LogP contribution in [0.5, 0.6) is 0 Å². The fourth-order valence-corrected chi connectivity index (χ4v) is 6.75. The van der Waals surface area contributed by atoms with E-state index in [0.29, 0.717) is 61.6 Å². The lowest BCUT2D eigenvalue weighted by Gasteiger charge is -2.38. The van der Waals surface area contributed by atoms with Crippen LogP contribution in [-0.2, 0) is 24.9 Å². The Labute approximate surface area is 242 Å². The van der Waals surface area contributed by atoms with Crippen LogP contribution < -0.4 is 5.73 Å². The maximum absolute atomic E-state index is 13.1. The second-order valence-electron chi connectivity index (χ2n) is 10.4. The number of hydrogen-bond acceptors (Lipinski definition) is 11. The lowest BCUT2D eigenvalue weighted by atomic mass is 9.76. The number of tetrazole rings is 1. The minimum absolute atomic E-state index is 0.00124. The second kappa shape index (κ2) is 11.2. The van der Waals surface area contributed by atoms with Crippen LogP contribution in [-0.4, -0.2) is 75.2 Å². The van der Waals surface area contributed by atoms with Gasteiger partial charge in [-0.05, 0) is 42.2 Å². The molecule has 14 heteroatoms. The molecule has 5 aromatic rings.